The molecule has 0 fully saturated rings. The Hall–Kier alpha value is -2.87. The minimum atomic E-state index is -0.0139. The first-order valence-electron chi connectivity index (χ1n) is 8.00. The number of hydrogen-bond donors (Lipinski definition) is 0. The lowest BCUT2D eigenvalue weighted by Crippen LogP contribution is -2.06. The van der Waals surface area contributed by atoms with Gasteiger partial charge in [0.1, 0.15) is 0 Å². The molecule has 0 aliphatic rings. The Morgan fingerprint density at radius 2 is 1.88 bits per heavy atom. The van der Waals surface area contributed by atoms with E-state index in [1.54, 1.807) is 30.1 Å². The Morgan fingerprint density at radius 1 is 1.08 bits per heavy atom. The molecule has 7 nitrogen and oxygen atoms in total. The molecule has 26 heavy (non-hydrogen) atoms. The number of aromatic nitrogens is 6. The van der Waals surface area contributed by atoms with Crippen LogP contribution in [0.3, 0.4) is 0 Å². The molecular formula is C18H15BrN6O. The van der Waals surface area contributed by atoms with Gasteiger partial charge in [0.05, 0.1) is 11.6 Å². The van der Waals surface area contributed by atoms with E-state index in [0.717, 1.165) is 21.4 Å². The third kappa shape index (κ3) is 3.03. The van der Waals surface area contributed by atoms with Gasteiger partial charge >= 0.3 is 0 Å². The Labute approximate surface area is 158 Å². The predicted octanol–water partition coefficient (Wildman–Crippen LogP) is 3.50. The molecule has 0 amide bonds. The van der Waals surface area contributed by atoms with Crippen molar-refractivity contribution in [2.75, 3.05) is 7.11 Å². The van der Waals surface area contributed by atoms with Crippen LogP contribution in [0.4, 0.5) is 0 Å². The Kier molecular flexibility index (Phi) is 4.34. The molecule has 0 aliphatic heterocycles. The van der Waals surface area contributed by atoms with Gasteiger partial charge in [0.15, 0.2) is 17.3 Å². The van der Waals surface area contributed by atoms with Gasteiger partial charge in [-0.05, 0) is 33.6 Å². The first kappa shape index (κ1) is 16.6. The maximum absolute atomic E-state index is 5.21. The minimum Gasteiger partial charge on any atom is -0.480 e. The van der Waals surface area contributed by atoms with E-state index in [-0.39, 0.29) is 5.92 Å². The highest BCUT2D eigenvalue weighted by Gasteiger charge is 2.18. The van der Waals surface area contributed by atoms with Crippen molar-refractivity contribution in [3.05, 3.63) is 64.7 Å². The summed E-state index contributed by atoms with van der Waals surface area (Å²) >= 11 is 3.36. The van der Waals surface area contributed by atoms with Gasteiger partial charge in [-0.3, -0.25) is 0 Å². The van der Waals surface area contributed by atoms with Crippen LogP contribution < -0.4 is 4.74 Å². The zero-order chi connectivity index (χ0) is 18.1. The number of hydrogen-bond acceptors (Lipinski definition) is 6. The summed E-state index contributed by atoms with van der Waals surface area (Å²) in [5.74, 6) is 1.92. The topological polar surface area (TPSA) is 78.1 Å². The van der Waals surface area contributed by atoms with E-state index in [2.05, 4.69) is 54.2 Å². The molecular weight excluding hydrogens is 396 g/mol. The van der Waals surface area contributed by atoms with Crippen LogP contribution >= 0.6 is 15.9 Å². The Balaban J connectivity index is 1.74. The second-order valence-electron chi connectivity index (χ2n) is 5.78. The van der Waals surface area contributed by atoms with Gasteiger partial charge in [-0.15, -0.1) is 15.3 Å². The number of ether oxygens (including phenoxy) is 1. The van der Waals surface area contributed by atoms with Crippen molar-refractivity contribution in [3.63, 3.8) is 0 Å². The molecule has 1 aromatic carbocycles. The molecule has 0 N–H and O–H groups in total. The van der Waals surface area contributed by atoms with Gasteiger partial charge in [-0.1, -0.05) is 25.1 Å². The molecule has 4 aromatic rings. The monoisotopic (exact) mass is 410 g/mol. The van der Waals surface area contributed by atoms with E-state index in [0.29, 0.717) is 17.4 Å². The van der Waals surface area contributed by atoms with Crippen LogP contribution in [0.15, 0.2) is 53.3 Å². The zero-order valence-electron chi connectivity index (χ0n) is 14.2. The molecule has 3 heterocycles. The van der Waals surface area contributed by atoms with E-state index in [1.165, 1.54) is 0 Å². The minimum absolute atomic E-state index is 0.0139. The smallest absolute Gasteiger partial charge is 0.231 e. The van der Waals surface area contributed by atoms with E-state index in [1.807, 2.05) is 24.3 Å². The number of fused-ring (bicyclic) bond motifs is 1. The fourth-order valence-corrected chi connectivity index (χ4v) is 2.93. The molecule has 0 aliphatic carbocycles. The number of nitrogens with zero attached hydrogens (tertiary/aromatic N) is 6. The average Bonchev–Trinajstić information content (AvgIpc) is 3.11. The lowest BCUT2D eigenvalue weighted by atomic mass is 9.98. The Morgan fingerprint density at radius 3 is 2.65 bits per heavy atom. The first-order chi connectivity index (χ1) is 12.7. The summed E-state index contributed by atoms with van der Waals surface area (Å²) in [5.41, 5.74) is 2.70. The van der Waals surface area contributed by atoms with Crippen molar-refractivity contribution < 1.29 is 4.74 Å². The average molecular weight is 411 g/mol. The largest absolute Gasteiger partial charge is 0.480 e. The van der Waals surface area contributed by atoms with E-state index in [4.69, 9.17) is 4.74 Å². The Bertz CT molecular complexity index is 1060. The fraction of sp³-hybridized carbons (Fsp3) is 0.167. The molecule has 0 saturated carbocycles. The lowest BCUT2D eigenvalue weighted by Gasteiger charge is -2.11. The van der Waals surface area contributed by atoms with Crippen LogP contribution in [-0.2, 0) is 0 Å². The SMILES string of the molecule is COc1ccc2nnc(C(C)c3cccc(-c4ncc(Br)cn4)c3)n2n1. The van der Waals surface area contributed by atoms with Crippen LogP contribution in [0, 0.1) is 0 Å². The van der Waals surface area contributed by atoms with Gasteiger partial charge in [0.25, 0.3) is 0 Å². The summed E-state index contributed by atoms with van der Waals surface area (Å²) in [6.45, 7) is 2.07. The summed E-state index contributed by atoms with van der Waals surface area (Å²) in [7, 11) is 1.59. The van der Waals surface area contributed by atoms with Gasteiger partial charge in [0, 0.05) is 29.9 Å². The first-order valence-corrected chi connectivity index (χ1v) is 8.79. The highest BCUT2D eigenvalue weighted by molar-refractivity contribution is 9.10. The molecule has 1 atom stereocenters. The molecule has 1 unspecified atom stereocenters. The molecule has 0 saturated heterocycles. The lowest BCUT2D eigenvalue weighted by molar-refractivity contribution is 0.389. The summed E-state index contributed by atoms with van der Waals surface area (Å²) in [6, 6.07) is 11.7. The third-order valence-electron chi connectivity index (χ3n) is 4.12. The summed E-state index contributed by atoms with van der Waals surface area (Å²) in [6.07, 6.45) is 3.47. The normalized spacial score (nSPS) is 12.3. The quantitative estimate of drug-likeness (QED) is 0.512. The molecule has 0 spiro atoms. The number of methoxy groups -OCH3 is 1. The number of benzene rings is 1. The van der Waals surface area contributed by atoms with Gasteiger partial charge in [-0.2, -0.15) is 4.52 Å². The van der Waals surface area contributed by atoms with Crippen LogP contribution in [0.25, 0.3) is 17.0 Å². The van der Waals surface area contributed by atoms with Crippen molar-refractivity contribution in [1.82, 2.24) is 29.8 Å². The maximum Gasteiger partial charge on any atom is 0.231 e. The summed E-state index contributed by atoms with van der Waals surface area (Å²) in [4.78, 5) is 8.73. The van der Waals surface area contributed by atoms with Crippen LogP contribution in [0.1, 0.15) is 24.2 Å². The molecule has 0 bridgehead atoms. The second-order valence-corrected chi connectivity index (χ2v) is 6.69. The summed E-state index contributed by atoms with van der Waals surface area (Å²) in [5, 5.41) is 12.9. The van der Waals surface area contributed by atoms with Gasteiger partial charge in [-0.25, -0.2) is 9.97 Å². The van der Waals surface area contributed by atoms with Crippen molar-refractivity contribution in [1.29, 1.82) is 0 Å². The second kappa shape index (κ2) is 6.80. The number of halogens is 1. The highest BCUT2D eigenvalue weighted by atomic mass is 79.9. The van der Waals surface area contributed by atoms with Crippen molar-refractivity contribution >= 4 is 21.6 Å². The van der Waals surface area contributed by atoms with E-state index >= 15 is 0 Å². The highest BCUT2D eigenvalue weighted by Crippen LogP contribution is 2.26. The molecule has 8 heteroatoms. The predicted molar refractivity (Wildman–Crippen MR) is 100 cm³/mol. The van der Waals surface area contributed by atoms with Gasteiger partial charge in [0.2, 0.25) is 5.88 Å². The zero-order valence-corrected chi connectivity index (χ0v) is 15.8. The van der Waals surface area contributed by atoms with Crippen LogP contribution in [0.2, 0.25) is 0 Å². The standard InChI is InChI=1S/C18H15BrN6O/c1-11(18-23-22-15-6-7-16(26-2)24-25(15)18)12-4-3-5-13(8-12)17-20-9-14(19)10-21-17/h3-11H,1-2H3. The number of rotatable bonds is 4. The fourth-order valence-electron chi connectivity index (χ4n) is 2.73. The molecule has 3 aromatic heterocycles. The van der Waals surface area contributed by atoms with E-state index < -0.39 is 0 Å². The van der Waals surface area contributed by atoms with Crippen LogP contribution in [0.5, 0.6) is 5.88 Å². The maximum atomic E-state index is 5.21. The third-order valence-corrected chi connectivity index (χ3v) is 4.53. The van der Waals surface area contributed by atoms with Crippen molar-refractivity contribution in [2.24, 2.45) is 0 Å². The van der Waals surface area contributed by atoms with Crippen molar-refractivity contribution in [3.8, 4) is 17.3 Å². The van der Waals surface area contributed by atoms with E-state index in [9.17, 15) is 0 Å². The molecule has 130 valence electrons. The van der Waals surface area contributed by atoms with Crippen LogP contribution in [-0.4, -0.2) is 36.9 Å². The van der Waals surface area contributed by atoms with Gasteiger partial charge < -0.3 is 4.74 Å². The van der Waals surface area contributed by atoms with Crippen molar-refractivity contribution in [2.45, 2.75) is 12.8 Å². The molecule has 0 radical (unpaired) electrons. The summed E-state index contributed by atoms with van der Waals surface area (Å²) < 4.78 is 7.77. The molecule has 4 rings (SSSR count).